The average molecular weight is 359 g/mol. The first kappa shape index (κ1) is 16.2. The van der Waals surface area contributed by atoms with Crippen LogP contribution in [-0.4, -0.2) is 33.3 Å². The fourth-order valence-electron chi connectivity index (χ4n) is 4.10. The van der Waals surface area contributed by atoms with Crippen molar-refractivity contribution in [1.82, 2.24) is 25.5 Å². The van der Waals surface area contributed by atoms with Crippen LogP contribution < -0.4 is 10.9 Å². The Balaban J connectivity index is 1.63. The number of H-pyrrole nitrogens is 2. The molecule has 1 aliphatic heterocycles. The van der Waals surface area contributed by atoms with Crippen LogP contribution in [0.25, 0.3) is 32.9 Å². The highest BCUT2D eigenvalue weighted by Crippen LogP contribution is 2.30. The van der Waals surface area contributed by atoms with Gasteiger partial charge in [0.15, 0.2) is 0 Å². The summed E-state index contributed by atoms with van der Waals surface area (Å²) in [7, 11) is 0. The van der Waals surface area contributed by atoms with Crippen molar-refractivity contribution in [3.63, 3.8) is 0 Å². The first-order chi connectivity index (χ1) is 13.3. The third kappa shape index (κ3) is 2.92. The molecule has 5 rings (SSSR count). The molecular weight excluding hydrogens is 338 g/mol. The Bertz CT molecular complexity index is 1170. The molecule has 136 valence electrons. The van der Waals surface area contributed by atoms with Crippen molar-refractivity contribution >= 4 is 21.8 Å². The minimum Gasteiger partial charge on any atom is -0.346 e. The third-order valence-electron chi connectivity index (χ3n) is 5.57. The summed E-state index contributed by atoms with van der Waals surface area (Å²) in [6, 6.07) is 10.0. The molecule has 3 aromatic heterocycles. The number of rotatable bonds is 3. The van der Waals surface area contributed by atoms with E-state index >= 15 is 0 Å². The number of aromatic amines is 2. The summed E-state index contributed by atoms with van der Waals surface area (Å²) < 4.78 is 0. The lowest BCUT2D eigenvalue weighted by Gasteiger charge is -2.22. The quantitative estimate of drug-likeness (QED) is 0.525. The minimum atomic E-state index is -0.133. The summed E-state index contributed by atoms with van der Waals surface area (Å²) >= 11 is 0. The molecule has 4 aromatic rings. The maximum Gasteiger partial charge on any atom is 0.272 e. The van der Waals surface area contributed by atoms with Gasteiger partial charge in [-0.15, -0.1) is 0 Å². The van der Waals surface area contributed by atoms with Crippen molar-refractivity contribution in [3.05, 3.63) is 58.8 Å². The minimum absolute atomic E-state index is 0.133. The Morgan fingerprint density at radius 3 is 2.85 bits per heavy atom. The molecule has 0 saturated carbocycles. The van der Waals surface area contributed by atoms with Crippen LogP contribution in [0.4, 0.5) is 0 Å². The summed E-state index contributed by atoms with van der Waals surface area (Å²) in [5, 5.41) is 13.2. The highest BCUT2D eigenvalue weighted by molar-refractivity contribution is 5.97. The van der Waals surface area contributed by atoms with E-state index in [0.717, 1.165) is 65.6 Å². The third-order valence-corrected chi connectivity index (χ3v) is 5.57. The zero-order chi connectivity index (χ0) is 18.2. The Morgan fingerprint density at radius 2 is 1.96 bits per heavy atom. The first-order valence-corrected chi connectivity index (χ1v) is 9.44. The predicted octanol–water partition coefficient (Wildman–Crippen LogP) is 3.01. The predicted molar refractivity (Wildman–Crippen MR) is 107 cm³/mol. The number of hydrogen-bond acceptors (Lipinski definition) is 4. The second-order valence-corrected chi connectivity index (χ2v) is 7.26. The highest BCUT2D eigenvalue weighted by Gasteiger charge is 2.17. The fourth-order valence-corrected chi connectivity index (χ4v) is 4.10. The summed E-state index contributed by atoms with van der Waals surface area (Å²) in [6.45, 7) is 2.11. The largest absolute Gasteiger partial charge is 0.346 e. The zero-order valence-corrected chi connectivity index (χ0v) is 15.0. The van der Waals surface area contributed by atoms with Gasteiger partial charge in [-0.05, 0) is 68.1 Å². The lowest BCUT2D eigenvalue weighted by atomic mass is 9.91. The second kappa shape index (κ2) is 6.63. The van der Waals surface area contributed by atoms with Gasteiger partial charge in [0, 0.05) is 28.7 Å². The van der Waals surface area contributed by atoms with Crippen molar-refractivity contribution in [2.75, 3.05) is 13.1 Å². The molecule has 3 N–H and O–H groups in total. The number of hydrogen-bond donors (Lipinski definition) is 3. The second-order valence-electron chi connectivity index (χ2n) is 7.26. The Morgan fingerprint density at radius 1 is 1.07 bits per heavy atom. The Labute approximate surface area is 156 Å². The molecule has 0 spiro atoms. The number of aromatic nitrogens is 4. The van der Waals surface area contributed by atoms with Gasteiger partial charge in [0.1, 0.15) is 5.65 Å². The molecule has 4 heterocycles. The van der Waals surface area contributed by atoms with Crippen LogP contribution in [0.1, 0.15) is 18.5 Å². The maximum absolute atomic E-state index is 12.3. The maximum atomic E-state index is 12.3. The van der Waals surface area contributed by atoms with Gasteiger partial charge < -0.3 is 10.3 Å². The van der Waals surface area contributed by atoms with E-state index in [1.807, 2.05) is 24.4 Å². The van der Waals surface area contributed by atoms with E-state index in [9.17, 15) is 4.79 Å². The summed E-state index contributed by atoms with van der Waals surface area (Å²) in [4.78, 5) is 19.9. The van der Waals surface area contributed by atoms with E-state index in [-0.39, 0.29) is 5.56 Å². The topological polar surface area (TPSA) is 86.5 Å². The summed E-state index contributed by atoms with van der Waals surface area (Å²) in [6.07, 6.45) is 6.95. The van der Waals surface area contributed by atoms with Gasteiger partial charge in [-0.2, -0.15) is 5.10 Å². The number of nitrogens with one attached hydrogen (secondary N) is 3. The van der Waals surface area contributed by atoms with Gasteiger partial charge in [-0.1, -0.05) is 6.07 Å². The van der Waals surface area contributed by atoms with E-state index in [1.54, 1.807) is 6.20 Å². The van der Waals surface area contributed by atoms with Crippen molar-refractivity contribution in [3.8, 4) is 11.1 Å². The van der Waals surface area contributed by atoms with E-state index in [4.69, 9.17) is 0 Å². The normalized spacial score (nSPS) is 15.6. The summed E-state index contributed by atoms with van der Waals surface area (Å²) in [5.41, 5.74) is 3.88. The van der Waals surface area contributed by atoms with Crippen LogP contribution >= 0.6 is 0 Å². The molecule has 6 heteroatoms. The molecule has 0 radical (unpaired) electrons. The molecule has 1 fully saturated rings. The van der Waals surface area contributed by atoms with Crippen LogP contribution in [0.3, 0.4) is 0 Å². The molecule has 1 saturated heterocycles. The first-order valence-electron chi connectivity index (χ1n) is 9.44. The zero-order valence-electron chi connectivity index (χ0n) is 15.0. The van der Waals surface area contributed by atoms with Gasteiger partial charge in [0.05, 0.1) is 11.1 Å². The smallest absolute Gasteiger partial charge is 0.272 e. The lowest BCUT2D eigenvalue weighted by molar-refractivity contribution is 0.370. The van der Waals surface area contributed by atoms with Crippen LogP contribution in [0, 0.1) is 5.92 Å². The molecule has 0 atom stereocenters. The molecule has 0 aliphatic carbocycles. The number of nitrogens with zero attached hydrogens (tertiary/aromatic N) is 2. The van der Waals surface area contributed by atoms with Gasteiger partial charge >= 0.3 is 0 Å². The Kier molecular flexibility index (Phi) is 3.98. The summed E-state index contributed by atoms with van der Waals surface area (Å²) in [5.74, 6) is 0.605. The van der Waals surface area contributed by atoms with Crippen LogP contribution in [-0.2, 0) is 6.42 Å². The van der Waals surface area contributed by atoms with Crippen molar-refractivity contribution in [1.29, 1.82) is 0 Å². The van der Waals surface area contributed by atoms with Gasteiger partial charge in [-0.3, -0.25) is 4.79 Å². The highest BCUT2D eigenvalue weighted by atomic mass is 16.1. The molecule has 1 aliphatic rings. The van der Waals surface area contributed by atoms with Crippen molar-refractivity contribution < 1.29 is 0 Å². The molecule has 0 unspecified atom stereocenters. The molecule has 0 bridgehead atoms. The SMILES string of the molecule is O=c1[nH]nc(CC2CCNCC2)c2cc(-c3c[nH]c4ncccc34)ccc12. The lowest BCUT2D eigenvalue weighted by Crippen LogP contribution is -2.29. The van der Waals surface area contributed by atoms with E-state index in [2.05, 4.69) is 37.6 Å². The monoisotopic (exact) mass is 359 g/mol. The van der Waals surface area contributed by atoms with E-state index in [1.165, 1.54) is 0 Å². The average Bonchev–Trinajstić information content (AvgIpc) is 3.15. The fraction of sp³-hybridized carbons (Fsp3) is 0.286. The number of piperidine rings is 1. The van der Waals surface area contributed by atoms with Crippen LogP contribution in [0.15, 0.2) is 47.5 Å². The molecule has 27 heavy (non-hydrogen) atoms. The van der Waals surface area contributed by atoms with E-state index < -0.39 is 0 Å². The van der Waals surface area contributed by atoms with Gasteiger partial charge in [0.25, 0.3) is 5.56 Å². The van der Waals surface area contributed by atoms with Crippen LogP contribution in [0.5, 0.6) is 0 Å². The number of pyridine rings is 1. The number of benzene rings is 1. The standard InChI is InChI=1S/C21H21N5O/c27-21-16-4-3-14(18-12-24-20-15(18)2-1-7-23-20)11-17(16)19(25-26-21)10-13-5-8-22-9-6-13/h1-4,7,11-13,22H,5-6,8-10H2,(H,23,24)(H,26,27). The van der Waals surface area contributed by atoms with Crippen molar-refractivity contribution in [2.24, 2.45) is 5.92 Å². The molecule has 1 aromatic carbocycles. The molecule has 0 amide bonds. The van der Waals surface area contributed by atoms with Gasteiger partial charge in [-0.25, -0.2) is 10.1 Å². The molecule has 6 nitrogen and oxygen atoms in total. The van der Waals surface area contributed by atoms with Gasteiger partial charge in [0.2, 0.25) is 0 Å². The number of fused-ring (bicyclic) bond motifs is 2. The Hall–Kier alpha value is -2.99. The van der Waals surface area contributed by atoms with Crippen LogP contribution in [0.2, 0.25) is 0 Å². The van der Waals surface area contributed by atoms with E-state index in [0.29, 0.717) is 11.3 Å². The van der Waals surface area contributed by atoms with Crippen molar-refractivity contribution in [2.45, 2.75) is 19.3 Å². The molecular formula is C21H21N5O.